The molecule has 2 aliphatic rings. The van der Waals surface area contributed by atoms with Crippen LogP contribution in [0.1, 0.15) is 37.8 Å². The second-order valence-electron chi connectivity index (χ2n) is 6.95. The number of nitrogens with zero attached hydrogens (tertiary/aromatic N) is 2. The zero-order valence-electron chi connectivity index (χ0n) is 14.2. The average Bonchev–Trinajstić information content (AvgIpc) is 3.35. The number of rotatable bonds is 4. The van der Waals surface area contributed by atoms with Crippen LogP contribution in [0.25, 0.3) is 10.6 Å². The molecule has 3 heterocycles. The fraction of sp³-hybridized carbons (Fsp3) is 0.500. The largest absolute Gasteiger partial charge is 0.458 e. The van der Waals surface area contributed by atoms with E-state index in [1.54, 1.807) is 23.3 Å². The van der Waals surface area contributed by atoms with Crippen LogP contribution >= 0.6 is 11.3 Å². The summed E-state index contributed by atoms with van der Waals surface area (Å²) in [6, 6.07) is 5.98. The van der Waals surface area contributed by atoms with Crippen LogP contribution < -0.4 is 0 Å². The first kappa shape index (κ1) is 16.3. The molecule has 2 aromatic heterocycles. The number of ether oxygens (including phenoxy) is 1. The van der Waals surface area contributed by atoms with Gasteiger partial charge in [-0.15, -0.1) is 11.3 Å². The quantitative estimate of drug-likeness (QED) is 0.852. The molecular weight excluding hydrogens is 338 g/mol. The number of amides is 1. The van der Waals surface area contributed by atoms with Gasteiger partial charge in [0, 0.05) is 7.05 Å². The van der Waals surface area contributed by atoms with E-state index in [4.69, 9.17) is 4.74 Å². The minimum atomic E-state index is -0.557. The molecule has 0 unspecified atom stereocenters. The Morgan fingerprint density at radius 2 is 2.28 bits per heavy atom. The van der Waals surface area contributed by atoms with Crippen molar-refractivity contribution in [2.24, 2.45) is 5.92 Å². The fourth-order valence-electron chi connectivity index (χ4n) is 4.02. The number of H-pyrrole nitrogens is 1. The Labute approximate surface area is 150 Å². The third-order valence-corrected chi connectivity index (χ3v) is 6.15. The molecule has 1 atom stereocenters. The Bertz CT molecular complexity index is 777. The van der Waals surface area contributed by atoms with Gasteiger partial charge < -0.3 is 9.64 Å². The highest BCUT2D eigenvalue weighted by molar-refractivity contribution is 7.13. The zero-order valence-corrected chi connectivity index (χ0v) is 15.0. The summed E-state index contributed by atoms with van der Waals surface area (Å²) in [6.45, 7) is 0.442. The lowest BCUT2D eigenvalue weighted by Crippen LogP contribution is -2.43. The van der Waals surface area contributed by atoms with Crippen LogP contribution in [-0.2, 0) is 20.9 Å². The van der Waals surface area contributed by atoms with Crippen LogP contribution in [0.2, 0.25) is 0 Å². The third kappa shape index (κ3) is 2.97. The first-order valence-corrected chi connectivity index (χ1v) is 9.50. The molecule has 6 nitrogen and oxygen atoms in total. The van der Waals surface area contributed by atoms with Crippen LogP contribution in [-0.4, -0.2) is 39.6 Å². The molecule has 1 aliphatic carbocycles. The van der Waals surface area contributed by atoms with Crippen molar-refractivity contribution in [2.45, 2.75) is 44.2 Å². The Morgan fingerprint density at radius 1 is 1.48 bits per heavy atom. The van der Waals surface area contributed by atoms with E-state index in [2.05, 4.69) is 10.2 Å². The smallest absolute Gasteiger partial charge is 0.307 e. The number of carbonyl (C=O) groups is 2. The molecule has 0 aromatic carbocycles. The maximum absolute atomic E-state index is 13.0. The van der Waals surface area contributed by atoms with Gasteiger partial charge in [0.15, 0.2) is 0 Å². The SMILES string of the molecule is CN(Cc1cc(-c2cccs2)n[nH]1)C(=O)[C@H]1CC(=O)OC12CCCC2. The lowest BCUT2D eigenvalue weighted by Gasteiger charge is -2.30. The van der Waals surface area contributed by atoms with Gasteiger partial charge in [0.25, 0.3) is 0 Å². The molecule has 1 N–H and O–H groups in total. The lowest BCUT2D eigenvalue weighted by atomic mass is 9.84. The van der Waals surface area contributed by atoms with Crippen LogP contribution in [0.3, 0.4) is 0 Å². The topological polar surface area (TPSA) is 75.3 Å². The van der Waals surface area contributed by atoms with Crippen molar-refractivity contribution in [1.29, 1.82) is 0 Å². The number of hydrogen-bond donors (Lipinski definition) is 1. The van der Waals surface area contributed by atoms with Gasteiger partial charge in [-0.25, -0.2) is 0 Å². The number of carbonyl (C=O) groups excluding carboxylic acids is 2. The van der Waals surface area contributed by atoms with Gasteiger partial charge in [-0.1, -0.05) is 6.07 Å². The van der Waals surface area contributed by atoms with E-state index in [1.807, 2.05) is 23.6 Å². The molecule has 2 fully saturated rings. The van der Waals surface area contributed by atoms with Gasteiger partial charge in [0.05, 0.1) is 29.5 Å². The highest BCUT2D eigenvalue weighted by Crippen LogP contribution is 2.46. The number of thiophene rings is 1. The Hall–Kier alpha value is -2.15. The molecule has 1 spiro atoms. The van der Waals surface area contributed by atoms with Gasteiger partial charge in [0.2, 0.25) is 5.91 Å². The lowest BCUT2D eigenvalue weighted by molar-refractivity contribution is -0.151. The van der Waals surface area contributed by atoms with Crippen molar-refractivity contribution in [2.75, 3.05) is 7.05 Å². The number of aromatic nitrogens is 2. The molecular formula is C18H21N3O3S. The van der Waals surface area contributed by atoms with Gasteiger partial charge >= 0.3 is 5.97 Å². The maximum atomic E-state index is 13.0. The van der Waals surface area contributed by atoms with Crippen molar-refractivity contribution in [3.63, 3.8) is 0 Å². The van der Waals surface area contributed by atoms with E-state index in [-0.39, 0.29) is 24.2 Å². The number of esters is 1. The summed E-state index contributed by atoms with van der Waals surface area (Å²) in [7, 11) is 1.78. The van der Waals surface area contributed by atoms with E-state index < -0.39 is 5.60 Å². The van der Waals surface area contributed by atoms with Gasteiger partial charge in [-0.3, -0.25) is 14.7 Å². The van der Waals surface area contributed by atoms with Gasteiger partial charge in [-0.05, 0) is 43.2 Å². The monoisotopic (exact) mass is 359 g/mol. The van der Waals surface area contributed by atoms with Gasteiger partial charge in [-0.2, -0.15) is 5.10 Å². The Balaban J connectivity index is 1.46. The minimum absolute atomic E-state index is 0.0139. The summed E-state index contributed by atoms with van der Waals surface area (Å²) in [5, 5.41) is 9.34. The predicted octanol–water partition coefficient (Wildman–Crippen LogP) is 2.97. The standard InChI is InChI=1S/C18H21N3O3S/c1-21(11-12-9-14(20-19-12)15-5-4-8-25-15)17(23)13-10-16(22)24-18(13)6-2-3-7-18/h4-5,8-9,13H,2-3,6-7,10-11H2,1H3,(H,19,20)/t13-/m1/s1. The molecule has 4 rings (SSSR count). The number of nitrogens with one attached hydrogen (secondary N) is 1. The summed E-state index contributed by atoms with van der Waals surface area (Å²) >= 11 is 1.63. The predicted molar refractivity (Wildman–Crippen MR) is 93.8 cm³/mol. The van der Waals surface area contributed by atoms with Crippen molar-refractivity contribution in [1.82, 2.24) is 15.1 Å². The summed E-state index contributed by atoms with van der Waals surface area (Å²) in [5.74, 6) is -0.609. The number of hydrogen-bond acceptors (Lipinski definition) is 5. The number of aromatic amines is 1. The Kier molecular flexibility index (Phi) is 4.11. The molecule has 1 saturated carbocycles. The zero-order chi connectivity index (χ0) is 17.4. The van der Waals surface area contributed by atoms with Crippen molar-refractivity contribution >= 4 is 23.2 Å². The Morgan fingerprint density at radius 3 is 3.00 bits per heavy atom. The molecule has 25 heavy (non-hydrogen) atoms. The molecule has 0 radical (unpaired) electrons. The van der Waals surface area contributed by atoms with E-state index in [0.29, 0.717) is 6.54 Å². The fourth-order valence-corrected chi connectivity index (χ4v) is 4.71. The second-order valence-corrected chi connectivity index (χ2v) is 7.90. The molecule has 2 aromatic rings. The van der Waals surface area contributed by atoms with E-state index in [1.165, 1.54) is 0 Å². The molecule has 1 aliphatic heterocycles. The molecule has 132 valence electrons. The molecule has 1 amide bonds. The minimum Gasteiger partial charge on any atom is -0.458 e. The van der Waals surface area contributed by atoms with Crippen LogP contribution in [0, 0.1) is 5.92 Å². The summed E-state index contributed by atoms with van der Waals surface area (Å²) < 4.78 is 5.59. The molecule has 0 bridgehead atoms. The van der Waals surface area contributed by atoms with Crippen LogP contribution in [0.4, 0.5) is 0 Å². The second kappa shape index (κ2) is 6.29. The van der Waals surface area contributed by atoms with Crippen LogP contribution in [0.15, 0.2) is 23.6 Å². The maximum Gasteiger partial charge on any atom is 0.307 e. The normalized spacial score (nSPS) is 21.6. The van der Waals surface area contributed by atoms with E-state index in [0.717, 1.165) is 41.9 Å². The van der Waals surface area contributed by atoms with Gasteiger partial charge in [0.1, 0.15) is 11.3 Å². The van der Waals surface area contributed by atoms with Crippen molar-refractivity contribution in [3.8, 4) is 10.6 Å². The first-order valence-electron chi connectivity index (χ1n) is 8.62. The first-order chi connectivity index (χ1) is 12.1. The van der Waals surface area contributed by atoms with E-state index in [9.17, 15) is 9.59 Å². The highest BCUT2D eigenvalue weighted by atomic mass is 32.1. The summed E-state index contributed by atoms with van der Waals surface area (Å²) in [4.78, 5) is 27.6. The van der Waals surface area contributed by atoms with E-state index >= 15 is 0 Å². The summed E-state index contributed by atoms with van der Waals surface area (Å²) in [6.07, 6.45) is 3.84. The van der Waals surface area contributed by atoms with Crippen molar-refractivity contribution in [3.05, 3.63) is 29.3 Å². The molecule has 1 saturated heterocycles. The summed E-state index contributed by atoms with van der Waals surface area (Å²) in [5.41, 5.74) is 1.21. The molecule has 7 heteroatoms. The average molecular weight is 359 g/mol. The third-order valence-electron chi connectivity index (χ3n) is 5.26. The highest BCUT2D eigenvalue weighted by Gasteiger charge is 2.54. The van der Waals surface area contributed by atoms with Crippen molar-refractivity contribution < 1.29 is 14.3 Å². The van der Waals surface area contributed by atoms with Crippen LogP contribution in [0.5, 0.6) is 0 Å².